The molecule has 2 aromatic rings. The van der Waals surface area contributed by atoms with Gasteiger partial charge >= 0.3 is 0 Å². The number of benzene rings is 2. The molecule has 3 heterocycles. The maximum absolute atomic E-state index is 11.0. The van der Waals surface area contributed by atoms with E-state index in [-0.39, 0.29) is 34.1 Å². The summed E-state index contributed by atoms with van der Waals surface area (Å²) in [6.07, 6.45) is -17.0. The standard InChI is InChI=1S/C28H34O17/c1-40-15-3-9(2-13(33)19(15)34)25-16(6-11-12(32)4-10(31)5-14(11)41-25)42-28-26(23(38)21(36)18(8-30)44-28)45-27-24(39)22(37)20(35)17(7-29)43-27/h2-6,17-18,20-39H,7-8H2,1H3/p+1/t17-,18-,20-,21-,22-,23-,24-,25?,26-,27+,28-/m1/s1. The summed E-state index contributed by atoms with van der Waals surface area (Å²) in [6, 6.07) is 4.77. The second kappa shape index (κ2) is 13.0. The van der Waals surface area contributed by atoms with E-state index in [9.17, 15) is 56.2 Å². The third-order valence-electron chi connectivity index (χ3n) is 7.77. The van der Waals surface area contributed by atoms with Gasteiger partial charge in [-0.2, -0.15) is 0 Å². The van der Waals surface area contributed by atoms with E-state index in [1.807, 2.05) is 0 Å². The van der Waals surface area contributed by atoms with Crippen molar-refractivity contribution >= 4 is 6.08 Å². The largest absolute Gasteiger partial charge is 0.571 e. The van der Waals surface area contributed by atoms with Crippen molar-refractivity contribution in [2.45, 2.75) is 67.5 Å². The number of hydrogen-bond acceptors (Lipinski definition) is 16. The first-order valence-electron chi connectivity index (χ1n) is 13.7. The Balaban J connectivity index is 1.54. The number of aromatic hydroxyl groups is 5. The zero-order valence-corrected chi connectivity index (χ0v) is 23.6. The van der Waals surface area contributed by atoms with Crippen molar-refractivity contribution in [2.75, 3.05) is 20.3 Å². The average molecular weight is 644 g/mol. The zero-order valence-electron chi connectivity index (χ0n) is 23.6. The molecule has 5 rings (SSSR count). The van der Waals surface area contributed by atoms with Crippen LogP contribution in [0.25, 0.3) is 6.08 Å². The van der Waals surface area contributed by atoms with E-state index in [0.717, 1.165) is 12.1 Å². The normalized spacial score (nSPS) is 34.8. The Kier molecular flexibility index (Phi) is 9.47. The fourth-order valence-corrected chi connectivity index (χ4v) is 5.32. The van der Waals surface area contributed by atoms with Gasteiger partial charge in [-0.1, -0.05) is 0 Å². The summed E-state index contributed by atoms with van der Waals surface area (Å²) in [6.45, 7) is -1.56. The first-order valence-corrected chi connectivity index (χ1v) is 13.7. The van der Waals surface area contributed by atoms with Crippen molar-refractivity contribution in [3.8, 4) is 34.5 Å². The van der Waals surface area contributed by atoms with Gasteiger partial charge in [0, 0.05) is 12.1 Å². The van der Waals surface area contributed by atoms with Gasteiger partial charge in [-0.3, -0.25) is 0 Å². The van der Waals surface area contributed by atoms with Crippen molar-refractivity contribution in [1.29, 1.82) is 0 Å². The molecule has 2 fully saturated rings. The number of aliphatic hydroxyl groups excluding tert-OH is 7. The molecule has 0 amide bonds. The van der Waals surface area contributed by atoms with Crippen LogP contribution in [-0.4, -0.2) is 143 Å². The van der Waals surface area contributed by atoms with Gasteiger partial charge in [0.05, 0.1) is 32.0 Å². The third-order valence-corrected chi connectivity index (χ3v) is 7.77. The summed E-state index contributed by atoms with van der Waals surface area (Å²) < 4.78 is 32.6. The lowest BCUT2D eigenvalue weighted by molar-refractivity contribution is -0.364. The predicted octanol–water partition coefficient (Wildman–Crippen LogP) is -2.50. The topological polar surface area (TPSA) is 281 Å². The second-order valence-electron chi connectivity index (χ2n) is 10.7. The van der Waals surface area contributed by atoms with E-state index in [0.29, 0.717) is 0 Å². The van der Waals surface area contributed by atoms with E-state index < -0.39 is 98.0 Å². The fourth-order valence-electron chi connectivity index (χ4n) is 5.32. The molecule has 17 nitrogen and oxygen atoms in total. The van der Waals surface area contributed by atoms with E-state index in [1.54, 1.807) is 0 Å². The molecular weight excluding hydrogens is 608 g/mol. The smallest absolute Gasteiger partial charge is 0.270 e. The molecule has 11 atom stereocenters. The van der Waals surface area contributed by atoms with E-state index in [1.165, 1.54) is 25.3 Å². The average Bonchev–Trinajstić information content (AvgIpc) is 3.01. The Hall–Kier alpha value is -3.62. The molecule has 3 aliphatic rings. The minimum atomic E-state index is -1.90. The van der Waals surface area contributed by atoms with Gasteiger partial charge in [-0.25, -0.2) is 0 Å². The molecule has 17 heteroatoms. The minimum Gasteiger partial charge on any atom is -0.571 e. The zero-order chi connectivity index (χ0) is 32.7. The highest BCUT2D eigenvalue weighted by Crippen LogP contribution is 2.48. The predicted molar refractivity (Wildman–Crippen MR) is 146 cm³/mol. The molecule has 0 spiro atoms. The number of rotatable bonds is 8. The molecule has 2 aromatic carbocycles. The number of hydrogen-bond donors (Lipinski definition) is 11. The van der Waals surface area contributed by atoms with E-state index in [2.05, 4.69) is 4.74 Å². The fraction of sp³-hybridized carbons (Fsp3) is 0.500. The van der Waals surface area contributed by atoms with Crippen molar-refractivity contribution in [2.24, 2.45) is 0 Å². The van der Waals surface area contributed by atoms with Crippen molar-refractivity contribution in [1.82, 2.24) is 0 Å². The number of phenolic OH excluding ortho intramolecular Hbond substituents is 4. The highest BCUT2D eigenvalue weighted by molar-refractivity contribution is 5.69. The number of fused-ring (bicyclic) bond motifs is 1. The highest BCUT2D eigenvalue weighted by atomic mass is 16.8. The van der Waals surface area contributed by atoms with Crippen LogP contribution in [0.2, 0.25) is 0 Å². The van der Waals surface area contributed by atoms with Crippen LogP contribution in [0.15, 0.2) is 30.0 Å². The first kappa shape index (κ1) is 32.8. The Labute approximate surface area is 254 Å². The number of methoxy groups -OCH3 is 1. The number of aliphatic hydroxyl groups is 8. The number of ether oxygens (including phenoxy) is 6. The molecule has 0 aromatic heterocycles. The van der Waals surface area contributed by atoms with Gasteiger partial charge in [0.2, 0.25) is 12.0 Å². The molecule has 0 saturated carbocycles. The van der Waals surface area contributed by atoms with Crippen LogP contribution in [0.5, 0.6) is 34.5 Å². The van der Waals surface area contributed by atoms with Gasteiger partial charge in [0.15, 0.2) is 29.7 Å². The van der Waals surface area contributed by atoms with E-state index >= 15 is 0 Å². The Morgan fingerprint density at radius 2 is 1.40 bits per heavy atom. The number of phenols is 4. The summed E-state index contributed by atoms with van der Waals surface area (Å²) in [7, 11) is 1.24. The lowest BCUT2D eigenvalue weighted by Gasteiger charge is -2.46. The van der Waals surface area contributed by atoms with E-state index in [4.69, 9.17) is 23.7 Å². The Morgan fingerprint density at radius 1 is 0.756 bits per heavy atom. The van der Waals surface area contributed by atoms with Crippen LogP contribution in [0, 0.1) is 0 Å². The maximum Gasteiger partial charge on any atom is 0.270 e. The lowest BCUT2D eigenvalue weighted by atomic mass is 9.97. The van der Waals surface area contributed by atoms with Gasteiger partial charge in [0.1, 0.15) is 59.8 Å². The summed E-state index contributed by atoms with van der Waals surface area (Å²) in [4.78, 5) is 0. The second-order valence-corrected chi connectivity index (χ2v) is 10.7. The minimum absolute atomic E-state index is 0.0792. The van der Waals surface area contributed by atoms with Crippen molar-refractivity contribution in [3.05, 3.63) is 41.2 Å². The van der Waals surface area contributed by atoms with Crippen LogP contribution in [-0.2, 0) is 18.9 Å². The van der Waals surface area contributed by atoms with Crippen molar-refractivity contribution < 1.29 is 84.6 Å². The molecule has 0 radical (unpaired) electrons. The molecule has 0 bridgehead atoms. The molecule has 2 saturated heterocycles. The Morgan fingerprint density at radius 3 is 2.04 bits per heavy atom. The monoisotopic (exact) mass is 643 g/mol. The summed E-state index contributed by atoms with van der Waals surface area (Å²) in [5.41, 5.74) is 0.249. The molecule has 0 aliphatic carbocycles. The van der Waals surface area contributed by atoms with Gasteiger partial charge in [-0.05, 0) is 12.1 Å². The molecule has 3 aliphatic heterocycles. The van der Waals surface area contributed by atoms with Gasteiger partial charge in [-0.15, -0.1) is 0 Å². The van der Waals surface area contributed by atoms with Crippen molar-refractivity contribution in [3.63, 3.8) is 0 Å². The third kappa shape index (κ3) is 6.15. The van der Waals surface area contributed by atoms with Crippen LogP contribution >= 0.6 is 0 Å². The van der Waals surface area contributed by atoms with Crippen LogP contribution in [0.1, 0.15) is 17.2 Å². The molecule has 12 N–H and O–H groups in total. The Bertz CT molecular complexity index is 1400. The van der Waals surface area contributed by atoms with Crippen LogP contribution < -0.4 is 4.74 Å². The van der Waals surface area contributed by atoms with Gasteiger partial charge < -0.3 is 84.6 Å². The molecule has 248 valence electrons. The van der Waals surface area contributed by atoms with Gasteiger partial charge in [0.25, 0.3) is 11.9 Å². The first-order chi connectivity index (χ1) is 21.4. The molecular formula is C28H35O17+. The summed E-state index contributed by atoms with van der Waals surface area (Å²) in [5.74, 6) is -2.04. The molecule has 45 heavy (non-hydrogen) atoms. The SMILES string of the molecule is COc1cc(C2[OH+]c3cc(O)cc(O)c3C=C2O[C@@H]2O[C@H](CO)[C@@H](O)[C@@H](O)[C@H]2O[C@@H]2O[C@H](CO)[C@@H](O)[C@@H](O)[C@H]2O)cc(O)c1O. The maximum atomic E-state index is 11.0. The summed E-state index contributed by atoms with van der Waals surface area (Å²) >= 11 is 0. The van der Waals surface area contributed by atoms with Crippen LogP contribution in [0.4, 0.5) is 0 Å². The highest BCUT2D eigenvalue weighted by Gasteiger charge is 2.52. The summed E-state index contributed by atoms with van der Waals surface area (Å²) in [5, 5.41) is 113. The van der Waals surface area contributed by atoms with Crippen LogP contribution in [0.3, 0.4) is 0 Å². The molecule has 1 unspecified atom stereocenters. The quantitative estimate of drug-likeness (QED) is 0.105. The lowest BCUT2D eigenvalue weighted by Crippen LogP contribution is -2.64.